The number of H-pyrrole nitrogens is 1. The molecule has 5 aromatic rings. The summed E-state index contributed by atoms with van der Waals surface area (Å²) in [6.45, 7) is 5.99. The van der Waals surface area contributed by atoms with Crippen LogP contribution in [0.2, 0.25) is 0 Å². The molecule has 5 rings (SSSR count). The average molecular weight is 485 g/mol. The highest BCUT2D eigenvalue weighted by Crippen LogP contribution is 2.31. The summed E-state index contributed by atoms with van der Waals surface area (Å²) in [5.41, 5.74) is 6.43. The van der Waals surface area contributed by atoms with Gasteiger partial charge in [0, 0.05) is 11.3 Å². The Kier molecular flexibility index (Phi) is 6.17. The van der Waals surface area contributed by atoms with E-state index in [2.05, 4.69) is 37.1 Å². The fraction of sp³-hybridized carbons (Fsp3) is 0.179. The lowest BCUT2D eigenvalue weighted by Gasteiger charge is -2.02. The van der Waals surface area contributed by atoms with E-state index in [4.69, 9.17) is 9.98 Å². The molecule has 2 heterocycles. The smallest absolute Gasteiger partial charge is 0.280 e. The predicted molar refractivity (Wildman–Crippen MR) is 142 cm³/mol. The van der Waals surface area contributed by atoms with E-state index in [-0.39, 0.29) is 11.4 Å². The minimum Gasteiger partial charge on any atom is -0.294 e. The molecule has 35 heavy (non-hydrogen) atoms. The lowest BCUT2D eigenvalue weighted by Crippen LogP contribution is -2.19. The van der Waals surface area contributed by atoms with Gasteiger partial charge >= 0.3 is 0 Å². The van der Waals surface area contributed by atoms with Crippen LogP contribution in [0.3, 0.4) is 0 Å². The molecule has 0 aliphatic heterocycles. The van der Waals surface area contributed by atoms with Gasteiger partial charge < -0.3 is 0 Å². The Morgan fingerprint density at radius 3 is 2.54 bits per heavy atom. The number of hydrogen-bond donors (Lipinski definition) is 1. The summed E-state index contributed by atoms with van der Waals surface area (Å²) >= 11 is 1.67. The van der Waals surface area contributed by atoms with Gasteiger partial charge in [-0.1, -0.05) is 19.4 Å². The van der Waals surface area contributed by atoms with Crippen molar-refractivity contribution in [1.82, 2.24) is 14.8 Å². The number of nitrogens with zero attached hydrogens (tertiary/aromatic N) is 3. The molecule has 0 fully saturated rings. The number of aromatic amines is 1. The zero-order valence-electron chi connectivity index (χ0n) is 19.8. The summed E-state index contributed by atoms with van der Waals surface area (Å²) in [4.78, 5) is 22.8. The normalized spacial score (nSPS) is 11.9. The largest absolute Gasteiger partial charge is 0.294 e. The number of aromatic nitrogens is 3. The van der Waals surface area contributed by atoms with Gasteiger partial charge in [-0.2, -0.15) is 0 Å². The first-order chi connectivity index (χ1) is 16.9. The van der Waals surface area contributed by atoms with Crippen molar-refractivity contribution in [1.29, 1.82) is 0 Å². The van der Waals surface area contributed by atoms with E-state index in [0.29, 0.717) is 23.4 Å². The molecule has 3 aromatic carbocycles. The van der Waals surface area contributed by atoms with E-state index in [1.54, 1.807) is 23.5 Å². The highest BCUT2D eigenvalue weighted by Gasteiger charge is 2.17. The quantitative estimate of drug-likeness (QED) is 0.264. The SMILES string of the molecule is CCCc1[nH]n(-c2ccc(F)cc2)c(=O)c1C(C)=Nc1ccc(-c2nc3ccc(C)cc3s2)cc1. The van der Waals surface area contributed by atoms with Crippen LogP contribution in [0.5, 0.6) is 0 Å². The summed E-state index contributed by atoms with van der Waals surface area (Å²) in [5, 5.41) is 4.16. The number of aliphatic imine (C=N–C) groups is 1. The molecule has 0 bridgehead atoms. The Hall–Kier alpha value is -3.84. The summed E-state index contributed by atoms with van der Waals surface area (Å²) in [7, 11) is 0. The highest BCUT2D eigenvalue weighted by molar-refractivity contribution is 7.21. The molecule has 0 spiro atoms. The van der Waals surface area contributed by atoms with Gasteiger partial charge in [-0.05, 0) is 86.5 Å². The topological polar surface area (TPSA) is 63.0 Å². The summed E-state index contributed by atoms with van der Waals surface area (Å²) in [5.74, 6) is -0.343. The first kappa shape index (κ1) is 22.9. The maximum absolute atomic E-state index is 13.4. The molecule has 0 unspecified atom stereocenters. The van der Waals surface area contributed by atoms with Gasteiger partial charge in [0.1, 0.15) is 10.8 Å². The number of thiazole rings is 1. The van der Waals surface area contributed by atoms with Crippen molar-refractivity contribution in [3.8, 4) is 16.3 Å². The molecule has 0 aliphatic carbocycles. The van der Waals surface area contributed by atoms with E-state index >= 15 is 0 Å². The molecule has 0 saturated heterocycles. The Morgan fingerprint density at radius 2 is 1.83 bits per heavy atom. The third-order valence-corrected chi connectivity index (χ3v) is 6.93. The van der Waals surface area contributed by atoms with Crippen LogP contribution in [-0.4, -0.2) is 20.5 Å². The van der Waals surface area contributed by atoms with Crippen molar-refractivity contribution in [2.24, 2.45) is 4.99 Å². The number of benzene rings is 3. The van der Waals surface area contributed by atoms with Crippen LogP contribution in [-0.2, 0) is 6.42 Å². The van der Waals surface area contributed by atoms with E-state index in [0.717, 1.165) is 33.9 Å². The van der Waals surface area contributed by atoms with Gasteiger partial charge in [-0.15, -0.1) is 11.3 Å². The first-order valence-corrected chi connectivity index (χ1v) is 12.4. The van der Waals surface area contributed by atoms with Crippen LogP contribution in [0, 0.1) is 12.7 Å². The zero-order valence-corrected chi connectivity index (χ0v) is 20.6. The van der Waals surface area contributed by atoms with Crippen molar-refractivity contribution in [2.75, 3.05) is 0 Å². The fourth-order valence-electron chi connectivity index (χ4n) is 4.14. The second-order valence-corrected chi connectivity index (χ2v) is 9.60. The Bertz CT molecular complexity index is 1590. The third-order valence-electron chi connectivity index (χ3n) is 5.87. The standard InChI is InChI=1S/C28H25FN4OS/c1-4-5-24-26(28(34)33(32-24)22-13-9-20(29)10-14-22)18(3)30-21-11-7-19(8-12-21)27-31-23-15-6-17(2)16-25(23)35-27/h6-16,32H,4-5H2,1-3H3. The van der Waals surface area contributed by atoms with Crippen LogP contribution in [0.4, 0.5) is 10.1 Å². The monoisotopic (exact) mass is 484 g/mol. The molecule has 0 amide bonds. The van der Waals surface area contributed by atoms with Crippen LogP contribution >= 0.6 is 11.3 Å². The average Bonchev–Trinajstić information content (AvgIpc) is 3.41. The van der Waals surface area contributed by atoms with Gasteiger partial charge in [0.15, 0.2) is 0 Å². The number of nitrogens with one attached hydrogen (secondary N) is 1. The molecular weight excluding hydrogens is 459 g/mol. The van der Waals surface area contributed by atoms with Crippen LogP contribution < -0.4 is 5.56 Å². The lowest BCUT2D eigenvalue weighted by atomic mass is 10.1. The first-order valence-electron chi connectivity index (χ1n) is 11.6. The molecule has 1 N–H and O–H groups in total. The van der Waals surface area contributed by atoms with E-state index in [1.165, 1.54) is 27.1 Å². The van der Waals surface area contributed by atoms with Gasteiger partial charge in [0.2, 0.25) is 0 Å². The number of halogens is 1. The second-order valence-electron chi connectivity index (χ2n) is 8.57. The van der Waals surface area contributed by atoms with Gasteiger partial charge in [-0.25, -0.2) is 14.1 Å². The van der Waals surface area contributed by atoms with Crippen LogP contribution in [0.15, 0.2) is 76.5 Å². The molecule has 0 saturated carbocycles. The molecule has 5 nitrogen and oxygen atoms in total. The Morgan fingerprint density at radius 1 is 1.09 bits per heavy atom. The van der Waals surface area contributed by atoms with Crippen molar-refractivity contribution in [3.05, 3.63) is 99.7 Å². The second kappa shape index (κ2) is 9.43. The van der Waals surface area contributed by atoms with Gasteiger partial charge in [-0.3, -0.25) is 14.9 Å². The summed E-state index contributed by atoms with van der Waals surface area (Å²) < 4.78 is 16.0. The molecule has 176 valence electrons. The predicted octanol–water partition coefficient (Wildman–Crippen LogP) is 6.98. The van der Waals surface area contributed by atoms with Crippen molar-refractivity contribution in [3.63, 3.8) is 0 Å². The highest BCUT2D eigenvalue weighted by atomic mass is 32.1. The van der Waals surface area contributed by atoms with E-state index in [1.807, 2.05) is 31.2 Å². The van der Waals surface area contributed by atoms with E-state index in [9.17, 15) is 9.18 Å². The third kappa shape index (κ3) is 4.59. The maximum Gasteiger partial charge on any atom is 0.280 e. The van der Waals surface area contributed by atoms with Crippen molar-refractivity contribution in [2.45, 2.75) is 33.6 Å². The number of aryl methyl sites for hydroxylation is 2. The zero-order chi connectivity index (χ0) is 24.5. The molecule has 2 aromatic heterocycles. The molecule has 0 aliphatic rings. The van der Waals surface area contributed by atoms with Crippen LogP contribution in [0.1, 0.15) is 37.1 Å². The van der Waals surface area contributed by atoms with E-state index < -0.39 is 0 Å². The Balaban J connectivity index is 1.47. The number of hydrogen-bond acceptors (Lipinski definition) is 4. The van der Waals surface area contributed by atoms with Crippen molar-refractivity contribution < 1.29 is 4.39 Å². The molecule has 7 heteroatoms. The Labute approximate surface area is 206 Å². The van der Waals surface area contributed by atoms with Gasteiger partial charge in [0.25, 0.3) is 5.56 Å². The molecule has 0 radical (unpaired) electrons. The minimum atomic E-state index is -0.343. The summed E-state index contributed by atoms with van der Waals surface area (Å²) in [6.07, 6.45) is 1.59. The lowest BCUT2D eigenvalue weighted by molar-refractivity contribution is 0.626. The van der Waals surface area contributed by atoms with Gasteiger partial charge in [0.05, 0.1) is 32.9 Å². The molecule has 0 atom stereocenters. The van der Waals surface area contributed by atoms with Crippen LogP contribution in [0.25, 0.3) is 26.5 Å². The fourth-order valence-corrected chi connectivity index (χ4v) is 5.21. The number of rotatable bonds is 6. The maximum atomic E-state index is 13.4. The minimum absolute atomic E-state index is 0.192. The van der Waals surface area contributed by atoms with Crippen molar-refractivity contribution >= 4 is 33.0 Å². The summed E-state index contributed by atoms with van der Waals surface area (Å²) in [6, 6.07) is 20.1. The molecular formula is C28H25FN4OS. The number of fused-ring (bicyclic) bond motifs is 1.